The van der Waals surface area contributed by atoms with Crippen LogP contribution < -0.4 is 5.32 Å². The third-order valence-corrected chi connectivity index (χ3v) is 5.58. The molecule has 1 aliphatic heterocycles. The number of allylic oxidation sites excluding steroid dienone is 2. The summed E-state index contributed by atoms with van der Waals surface area (Å²) >= 11 is 6.28. The predicted octanol–water partition coefficient (Wildman–Crippen LogP) is 5.49. The minimum absolute atomic E-state index is 0.0116. The van der Waals surface area contributed by atoms with Crippen LogP contribution in [0.5, 0.6) is 0 Å². The Hall–Kier alpha value is -2.91. The molecule has 0 spiro atoms. The Morgan fingerprint density at radius 2 is 1.87 bits per heavy atom. The molecule has 0 saturated carbocycles. The van der Waals surface area contributed by atoms with E-state index in [2.05, 4.69) is 5.32 Å². The SMILES string of the molecule is CC(/C=C1\SC(=S)N(CC(=O)Nc2cccc(C(F)(F)F)c2)C1=O)=C\c1ccccc1. The first-order valence-electron chi connectivity index (χ1n) is 9.09. The number of alkyl halides is 3. The number of carbonyl (C=O) groups excluding carboxylic acids is 2. The molecular weight excluding hydrogens is 445 g/mol. The van der Waals surface area contributed by atoms with Gasteiger partial charge in [0.25, 0.3) is 5.91 Å². The summed E-state index contributed by atoms with van der Waals surface area (Å²) in [6.45, 7) is 1.46. The van der Waals surface area contributed by atoms with Gasteiger partial charge in [-0.15, -0.1) is 0 Å². The minimum Gasteiger partial charge on any atom is -0.325 e. The summed E-state index contributed by atoms with van der Waals surface area (Å²) in [5, 5.41) is 2.38. The molecule has 0 aromatic heterocycles. The molecule has 0 radical (unpaired) electrons. The maximum atomic E-state index is 12.8. The number of nitrogens with zero attached hydrogens (tertiary/aromatic N) is 1. The standard InChI is InChI=1S/C22H17F3N2O2S2/c1-14(10-15-6-3-2-4-7-15)11-18-20(29)27(21(30)31-18)13-19(28)26-17-9-5-8-16(12-17)22(23,24)25/h2-12H,13H2,1H3,(H,26,28)/b14-10+,18-11-. The van der Waals surface area contributed by atoms with Gasteiger partial charge in [0, 0.05) is 5.69 Å². The van der Waals surface area contributed by atoms with Gasteiger partial charge < -0.3 is 5.32 Å². The number of nitrogens with one attached hydrogen (secondary N) is 1. The Morgan fingerprint density at radius 1 is 1.16 bits per heavy atom. The van der Waals surface area contributed by atoms with Gasteiger partial charge in [0.15, 0.2) is 0 Å². The van der Waals surface area contributed by atoms with Crippen LogP contribution in [0.25, 0.3) is 6.08 Å². The quantitative estimate of drug-likeness (QED) is 0.472. The topological polar surface area (TPSA) is 49.4 Å². The Labute approximate surface area is 186 Å². The van der Waals surface area contributed by atoms with Crippen molar-refractivity contribution in [2.75, 3.05) is 11.9 Å². The zero-order chi connectivity index (χ0) is 22.6. The second-order valence-corrected chi connectivity index (χ2v) is 8.37. The van der Waals surface area contributed by atoms with Crippen LogP contribution >= 0.6 is 24.0 Å². The van der Waals surface area contributed by atoms with Crippen LogP contribution in [0.3, 0.4) is 0 Å². The van der Waals surface area contributed by atoms with E-state index in [-0.39, 0.29) is 16.6 Å². The average molecular weight is 463 g/mol. The molecule has 4 nitrogen and oxygen atoms in total. The van der Waals surface area contributed by atoms with E-state index in [0.29, 0.717) is 4.91 Å². The van der Waals surface area contributed by atoms with Gasteiger partial charge in [-0.2, -0.15) is 13.2 Å². The molecule has 2 aromatic rings. The maximum absolute atomic E-state index is 12.8. The fraction of sp³-hybridized carbons (Fsp3) is 0.136. The molecule has 0 atom stereocenters. The molecule has 1 heterocycles. The van der Waals surface area contributed by atoms with Crippen molar-refractivity contribution in [3.63, 3.8) is 0 Å². The third kappa shape index (κ3) is 6.05. The van der Waals surface area contributed by atoms with E-state index in [0.717, 1.165) is 39.9 Å². The Bertz CT molecular complexity index is 1080. The van der Waals surface area contributed by atoms with E-state index in [4.69, 9.17) is 12.2 Å². The van der Waals surface area contributed by atoms with Crippen LogP contribution in [0.4, 0.5) is 18.9 Å². The van der Waals surface area contributed by atoms with Crippen LogP contribution in [0.2, 0.25) is 0 Å². The number of hydrogen-bond donors (Lipinski definition) is 1. The van der Waals surface area contributed by atoms with E-state index in [1.165, 1.54) is 12.1 Å². The van der Waals surface area contributed by atoms with Crippen LogP contribution in [-0.4, -0.2) is 27.6 Å². The van der Waals surface area contributed by atoms with Gasteiger partial charge in [-0.05, 0) is 42.3 Å². The number of thioether (sulfide) groups is 1. The van der Waals surface area contributed by atoms with Gasteiger partial charge in [-0.3, -0.25) is 14.5 Å². The predicted molar refractivity (Wildman–Crippen MR) is 120 cm³/mol. The summed E-state index contributed by atoms with van der Waals surface area (Å²) in [6, 6.07) is 13.9. The molecule has 31 heavy (non-hydrogen) atoms. The number of rotatable bonds is 5. The number of thiocarbonyl (C=S) groups is 1. The van der Waals surface area contributed by atoms with Gasteiger partial charge in [-0.1, -0.05) is 66.5 Å². The normalized spacial score (nSPS) is 16.2. The lowest BCUT2D eigenvalue weighted by atomic mass is 10.1. The van der Waals surface area contributed by atoms with Crippen molar-refractivity contribution in [3.05, 3.63) is 82.3 Å². The zero-order valence-corrected chi connectivity index (χ0v) is 17.9. The largest absolute Gasteiger partial charge is 0.416 e. The Kier molecular flexibility index (Phi) is 6.97. The van der Waals surface area contributed by atoms with Gasteiger partial charge >= 0.3 is 6.18 Å². The number of carbonyl (C=O) groups is 2. The van der Waals surface area contributed by atoms with Gasteiger partial charge in [-0.25, -0.2) is 0 Å². The Morgan fingerprint density at radius 3 is 2.55 bits per heavy atom. The number of halogens is 3. The zero-order valence-electron chi connectivity index (χ0n) is 16.3. The lowest BCUT2D eigenvalue weighted by Crippen LogP contribution is -2.36. The van der Waals surface area contributed by atoms with Crippen molar-refractivity contribution >= 4 is 51.9 Å². The average Bonchev–Trinajstić information content (AvgIpc) is 2.95. The van der Waals surface area contributed by atoms with E-state index >= 15 is 0 Å². The molecule has 0 unspecified atom stereocenters. The lowest BCUT2D eigenvalue weighted by Gasteiger charge is -2.15. The lowest BCUT2D eigenvalue weighted by molar-refractivity contribution is -0.137. The van der Waals surface area contributed by atoms with E-state index in [1.807, 2.05) is 43.3 Å². The molecule has 1 aliphatic rings. The molecule has 160 valence electrons. The summed E-state index contributed by atoms with van der Waals surface area (Å²) in [5.74, 6) is -1.07. The first kappa shape index (κ1) is 22.8. The van der Waals surface area contributed by atoms with E-state index < -0.39 is 23.6 Å². The first-order chi connectivity index (χ1) is 14.6. The van der Waals surface area contributed by atoms with Gasteiger partial charge in [0.2, 0.25) is 5.91 Å². The fourth-order valence-corrected chi connectivity index (χ4v) is 4.12. The highest BCUT2D eigenvalue weighted by Crippen LogP contribution is 2.33. The van der Waals surface area contributed by atoms with Gasteiger partial charge in [0.05, 0.1) is 10.5 Å². The highest BCUT2D eigenvalue weighted by atomic mass is 32.2. The van der Waals surface area contributed by atoms with Crippen molar-refractivity contribution in [3.8, 4) is 0 Å². The van der Waals surface area contributed by atoms with Crippen molar-refractivity contribution in [1.82, 2.24) is 4.90 Å². The maximum Gasteiger partial charge on any atom is 0.416 e. The monoisotopic (exact) mass is 462 g/mol. The van der Waals surface area contributed by atoms with E-state index in [9.17, 15) is 22.8 Å². The molecule has 1 saturated heterocycles. The summed E-state index contributed by atoms with van der Waals surface area (Å²) in [6.07, 6.45) is -0.918. The minimum atomic E-state index is -4.52. The van der Waals surface area contributed by atoms with Crippen LogP contribution in [0.1, 0.15) is 18.1 Å². The second-order valence-electron chi connectivity index (χ2n) is 6.69. The van der Waals surface area contributed by atoms with Crippen molar-refractivity contribution in [1.29, 1.82) is 0 Å². The molecule has 1 fully saturated rings. The molecule has 1 N–H and O–H groups in total. The molecule has 9 heteroatoms. The smallest absolute Gasteiger partial charge is 0.325 e. The number of benzene rings is 2. The van der Waals surface area contributed by atoms with Crippen LogP contribution in [0.15, 0.2) is 71.2 Å². The van der Waals surface area contributed by atoms with Crippen LogP contribution in [0, 0.1) is 0 Å². The number of hydrogen-bond acceptors (Lipinski definition) is 4. The molecule has 2 aromatic carbocycles. The Balaban J connectivity index is 1.67. The highest BCUT2D eigenvalue weighted by Gasteiger charge is 2.34. The molecule has 0 aliphatic carbocycles. The number of amides is 2. The summed E-state index contributed by atoms with van der Waals surface area (Å²) in [4.78, 5) is 26.5. The van der Waals surface area contributed by atoms with Crippen molar-refractivity contribution < 1.29 is 22.8 Å². The highest BCUT2D eigenvalue weighted by molar-refractivity contribution is 8.26. The molecule has 2 amide bonds. The second kappa shape index (κ2) is 9.49. The summed E-state index contributed by atoms with van der Waals surface area (Å²) < 4.78 is 38.7. The molecular formula is C22H17F3N2O2S2. The third-order valence-electron chi connectivity index (χ3n) is 4.20. The van der Waals surface area contributed by atoms with E-state index in [1.54, 1.807) is 6.08 Å². The summed E-state index contributed by atoms with van der Waals surface area (Å²) in [5.41, 5.74) is 0.925. The molecule has 0 bridgehead atoms. The fourth-order valence-electron chi connectivity index (χ4n) is 2.81. The van der Waals surface area contributed by atoms with Gasteiger partial charge in [0.1, 0.15) is 10.9 Å². The summed E-state index contributed by atoms with van der Waals surface area (Å²) in [7, 11) is 0. The molecule has 3 rings (SSSR count). The van der Waals surface area contributed by atoms with Crippen LogP contribution in [-0.2, 0) is 15.8 Å². The first-order valence-corrected chi connectivity index (χ1v) is 10.3. The van der Waals surface area contributed by atoms with Crippen molar-refractivity contribution in [2.45, 2.75) is 13.1 Å². The number of anilines is 1. The van der Waals surface area contributed by atoms with Crippen molar-refractivity contribution in [2.24, 2.45) is 0 Å².